The SMILES string of the molecule is CC(O)C(=O)N(CC1CN(C(=O)OCc2ccc(OC3OC(C(=O)O)C(O)C(O)C3O)c(NC(=O)CCNC(=O)CCCCCN3CC=CC3=O)c2)CC1C)C(c1nc(-c2cc(F)ccc2F)cn1Cc1cccc(F)c1)C(C)(C)C. The Hall–Kier alpha value is -7.38. The van der Waals surface area contributed by atoms with Gasteiger partial charge in [-0.05, 0) is 90.6 Å². The molecule has 9 unspecified atom stereocenters. The van der Waals surface area contributed by atoms with E-state index >= 15 is 4.39 Å². The van der Waals surface area contributed by atoms with Crippen LogP contribution in [-0.2, 0) is 46.6 Å². The molecule has 3 aromatic carbocycles. The molecule has 5 amide bonds. The number of nitrogens with zero attached hydrogens (tertiary/aromatic N) is 5. The van der Waals surface area contributed by atoms with Crippen molar-refractivity contribution in [3.8, 4) is 17.0 Å². The van der Waals surface area contributed by atoms with Gasteiger partial charge in [-0.25, -0.2) is 27.7 Å². The van der Waals surface area contributed by atoms with Gasteiger partial charge in [0.15, 0.2) is 6.10 Å². The summed E-state index contributed by atoms with van der Waals surface area (Å²) in [5.41, 5.74) is -0.173. The van der Waals surface area contributed by atoms with E-state index in [1.807, 2.05) is 27.7 Å². The van der Waals surface area contributed by atoms with Crippen LogP contribution in [0.5, 0.6) is 5.75 Å². The fourth-order valence-corrected chi connectivity index (χ4v) is 10.1. The summed E-state index contributed by atoms with van der Waals surface area (Å²) in [5, 5.41) is 57.2. The number of carboxylic acids is 1. The highest BCUT2D eigenvalue weighted by molar-refractivity contribution is 5.93. The Morgan fingerprint density at radius 1 is 0.901 bits per heavy atom. The highest BCUT2D eigenvalue weighted by Gasteiger charge is 2.49. The number of halogens is 3. The van der Waals surface area contributed by atoms with Crippen molar-refractivity contribution in [2.24, 2.45) is 17.3 Å². The maximum Gasteiger partial charge on any atom is 0.410 e. The predicted molar refractivity (Wildman–Crippen MR) is 285 cm³/mol. The molecular weight excluding hydrogens is 1060 g/mol. The second-order valence-electron chi connectivity index (χ2n) is 21.8. The minimum Gasteiger partial charge on any atom is -0.479 e. The lowest BCUT2D eigenvalue weighted by Crippen LogP contribution is -2.61. The minimum absolute atomic E-state index is 0.00876. The van der Waals surface area contributed by atoms with E-state index in [2.05, 4.69) is 10.6 Å². The van der Waals surface area contributed by atoms with Crippen LogP contribution in [0.2, 0.25) is 0 Å². The van der Waals surface area contributed by atoms with Crippen molar-refractivity contribution < 1.29 is 81.7 Å². The number of likely N-dealkylation sites (tertiary alicyclic amines) is 1. The number of hydrogen-bond donors (Lipinski definition) is 7. The van der Waals surface area contributed by atoms with Gasteiger partial charge in [0.25, 0.3) is 5.91 Å². The Bertz CT molecular complexity index is 2950. The normalized spacial score (nSPS) is 21.6. The number of carbonyl (C=O) groups is 6. The zero-order chi connectivity index (χ0) is 58.9. The monoisotopic (exact) mass is 1130 g/mol. The number of carbonyl (C=O) groups excluding carboxylic acids is 5. The summed E-state index contributed by atoms with van der Waals surface area (Å²) < 4.78 is 63.0. The van der Waals surface area contributed by atoms with Gasteiger partial charge in [0, 0.05) is 76.5 Å². The summed E-state index contributed by atoms with van der Waals surface area (Å²) in [5.74, 6) is -5.83. The zero-order valence-electron chi connectivity index (χ0n) is 45.7. The van der Waals surface area contributed by atoms with Gasteiger partial charge in [-0.3, -0.25) is 19.2 Å². The van der Waals surface area contributed by atoms with Crippen molar-refractivity contribution in [2.45, 2.75) is 123 Å². The molecule has 0 saturated carbocycles. The van der Waals surface area contributed by atoms with Crippen LogP contribution in [0.15, 0.2) is 79.0 Å². The lowest BCUT2D eigenvalue weighted by Gasteiger charge is -2.42. The van der Waals surface area contributed by atoms with Crippen LogP contribution >= 0.6 is 0 Å². The summed E-state index contributed by atoms with van der Waals surface area (Å²) >= 11 is 0. The molecule has 0 spiro atoms. The number of hydrogen-bond acceptors (Lipinski definition) is 14. The predicted octanol–water partition coefficient (Wildman–Crippen LogP) is 4.89. The van der Waals surface area contributed by atoms with Crippen LogP contribution in [0.4, 0.5) is 23.7 Å². The summed E-state index contributed by atoms with van der Waals surface area (Å²) in [6.45, 7) is 9.77. The summed E-state index contributed by atoms with van der Waals surface area (Å²) in [4.78, 5) is 87.2. The van der Waals surface area contributed by atoms with Gasteiger partial charge < -0.3 is 69.6 Å². The molecule has 21 nitrogen and oxygen atoms in total. The molecule has 438 valence electrons. The number of anilines is 1. The third-order valence-electron chi connectivity index (χ3n) is 14.4. The quantitative estimate of drug-likeness (QED) is 0.0487. The Balaban J connectivity index is 1.05. The topological polar surface area (TPSA) is 283 Å². The number of unbranched alkanes of at least 4 members (excludes halogenated alkanes) is 2. The Labute approximate surface area is 466 Å². The van der Waals surface area contributed by atoms with Crippen molar-refractivity contribution in [1.29, 1.82) is 0 Å². The third kappa shape index (κ3) is 15.8. The molecule has 2 fully saturated rings. The van der Waals surface area contributed by atoms with E-state index in [4.69, 9.17) is 19.2 Å². The Morgan fingerprint density at radius 2 is 1.65 bits per heavy atom. The van der Waals surface area contributed by atoms with Gasteiger partial charge in [-0.15, -0.1) is 0 Å². The van der Waals surface area contributed by atoms with Crippen LogP contribution in [-0.4, -0.2) is 162 Å². The highest BCUT2D eigenvalue weighted by atomic mass is 19.1. The molecule has 4 aromatic rings. The first-order valence-electron chi connectivity index (χ1n) is 26.8. The maximum absolute atomic E-state index is 15.3. The minimum atomic E-state index is -2.01. The van der Waals surface area contributed by atoms with Crippen LogP contribution in [0.25, 0.3) is 11.3 Å². The number of carboxylic acid groups (broad SMARTS) is 1. The Kier molecular flexibility index (Phi) is 20.4. The van der Waals surface area contributed by atoms with Crippen LogP contribution in [0.3, 0.4) is 0 Å². The molecule has 7 rings (SSSR count). The number of amides is 5. The standard InChI is InChI=1S/C57H70F3N7O14/c1-32-26-66(28-36(32)29-67(53(75)33(2)68)51(57(3,4)5)52-63-42(39-25-38(59)16-17-40(39)60)30-65(52)27-34-11-9-12-37(58)23-34)56(78)79-31-35-15-18-43(80-55-49(74)47(72)48(73)50(81-55)54(76)77)41(24-35)62-45(70)19-20-61-44(69)13-7-6-8-21-64-22-10-14-46(64)71/h9-12,14-18,23-25,30,32-33,36,47-51,55,68,72-74H,6-8,13,19-22,26-29,31H2,1-5H3,(H,61,69)(H,62,70)(H,76,77). The largest absolute Gasteiger partial charge is 0.479 e. The first-order valence-corrected chi connectivity index (χ1v) is 26.8. The summed E-state index contributed by atoms with van der Waals surface area (Å²) in [6.07, 6.45) is -5.25. The van der Waals surface area contributed by atoms with Gasteiger partial charge in [0.05, 0.1) is 17.4 Å². The summed E-state index contributed by atoms with van der Waals surface area (Å²) in [6, 6.07) is 12.0. The number of aromatic nitrogens is 2. The Morgan fingerprint density at radius 3 is 2.35 bits per heavy atom. The van der Waals surface area contributed by atoms with E-state index in [-0.39, 0.29) is 98.4 Å². The van der Waals surface area contributed by atoms with Gasteiger partial charge in [0.2, 0.25) is 24.0 Å². The van der Waals surface area contributed by atoms with Crippen LogP contribution in [0.1, 0.15) is 89.7 Å². The zero-order valence-corrected chi connectivity index (χ0v) is 45.7. The molecule has 0 bridgehead atoms. The number of aliphatic carboxylic acids is 1. The number of rotatable bonds is 23. The van der Waals surface area contributed by atoms with E-state index < -0.39 is 95.5 Å². The van der Waals surface area contributed by atoms with E-state index in [1.54, 1.807) is 21.6 Å². The molecule has 3 aliphatic rings. The van der Waals surface area contributed by atoms with Gasteiger partial charge in [0.1, 0.15) is 60.0 Å². The van der Waals surface area contributed by atoms with Gasteiger partial charge in [-0.1, -0.05) is 58.4 Å². The number of imidazole rings is 1. The molecule has 0 radical (unpaired) electrons. The lowest BCUT2D eigenvalue weighted by molar-refractivity contribution is -0.271. The molecule has 4 heterocycles. The van der Waals surface area contributed by atoms with E-state index in [0.29, 0.717) is 37.1 Å². The van der Waals surface area contributed by atoms with E-state index in [1.165, 1.54) is 65.4 Å². The molecule has 2 saturated heterocycles. The van der Waals surface area contributed by atoms with E-state index in [0.717, 1.165) is 24.6 Å². The molecule has 3 aliphatic heterocycles. The number of benzene rings is 3. The average molecular weight is 1130 g/mol. The molecule has 1 aromatic heterocycles. The maximum atomic E-state index is 15.3. The van der Waals surface area contributed by atoms with Crippen molar-refractivity contribution >= 4 is 41.4 Å². The van der Waals surface area contributed by atoms with Gasteiger partial charge >= 0.3 is 12.1 Å². The molecule has 81 heavy (non-hydrogen) atoms. The fourth-order valence-electron chi connectivity index (χ4n) is 10.1. The average Bonchev–Trinajstić information content (AvgIpc) is 4.15. The van der Waals surface area contributed by atoms with Crippen molar-refractivity contribution in [1.82, 2.24) is 29.6 Å². The third-order valence-corrected chi connectivity index (χ3v) is 14.4. The molecule has 0 aliphatic carbocycles. The number of aliphatic hydroxyl groups excluding tert-OH is 4. The van der Waals surface area contributed by atoms with Crippen molar-refractivity contribution in [3.05, 3.63) is 113 Å². The molecular formula is C57H70F3N7O14. The molecule has 9 atom stereocenters. The van der Waals surface area contributed by atoms with Crippen LogP contribution in [0, 0.1) is 34.7 Å². The van der Waals surface area contributed by atoms with Crippen LogP contribution < -0.4 is 15.4 Å². The second kappa shape index (κ2) is 26.9. The number of nitrogens with one attached hydrogen (secondary N) is 2. The number of aliphatic hydroxyl groups is 4. The highest BCUT2D eigenvalue weighted by Crippen LogP contribution is 2.42. The first-order chi connectivity index (χ1) is 38.4. The fraction of sp³-hybridized carbons (Fsp3) is 0.491. The second-order valence-corrected chi connectivity index (χ2v) is 21.8. The lowest BCUT2D eigenvalue weighted by atomic mass is 9.83. The molecule has 7 N–H and O–H groups in total. The summed E-state index contributed by atoms with van der Waals surface area (Å²) in [7, 11) is 0. The van der Waals surface area contributed by atoms with Crippen molar-refractivity contribution in [2.75, 3.05) is 44.6 Å². The molecule has 24 heteroatoms. The van der Waals surface area contributed by atoms with Gasteiger partial charge in [-0.2, -0.15) is 0 Å². The van der Waals surface area contributed by atoms with E-state index in [9.17, 15) is 63.1 Å². The first kappa shape index (κ1) is 61.2. The smallest absolute Gasteiger partial charge is 0.410 e. The van der Waals surface area contributed by atoms with Crippen molar-refractivity contribution in [3.63, 3.8) is 0 Å². The number of ether oxygens (including phenoxy) is 3.